The molecule has 0 saturated carbocycles. The van der Waals surface area contributed by atoms with E-state index >= 15 is 0 Å². The summed E-state index contributed by atoms with van der Waals surface area (Å²) in [5.41, 5.74) is 1.89. The largest absolute Gasteiger partial charge is 0.569 e. The van der Waals surface area contributed by atoms with Crippen molar-refractivity contribution >= 4 is 12.1 Å². The molecule has 0 bridgehead atoms. The molecule has 2 aromatic carbocycles. The topological polar surface area (TPSA) is 205 Å². The van der Waals surface area contributed by atoms with Gasteiger partial charge in [0.1, 0.15) is 29.8 Å². The number of hydrazine groups is 1. The summed E-state index contributed by atoms with van der Waals surface area (Å²) >= 11 is 0. The standard InChI is InChI=1S/C39H55N9O8/c1-10-11-19-32-40-34(39(7,8)51)33(47(32)25-28-20-22-29(23-21-28)30-17-12-13-18-31(30)35-41-43-44-42-35)36(49)55-27(3)56-37(50)54-26(2)16-14-15-24-53-45-48(52)46(9)38(4,5)6/h12-13,17-18,20-23,26-27,51H,10-11,14-16,19,24-25H2,1-9H3,(H,41,42,43,44)/b48-45-/t26-,27?/m0/s1. The van der Waals surface area contributed by atoms with Crippen molar-refractivity contribution in [2.75, 3.05) is 13.7 Å². The van der Waals surface area contributed by atoms with Gasteiger partial charge in [0.2, 0.25) is 17.4 Å². The summed E-state index contributed by atoms with van der Waals surface area (Å²) in [6, 6.07) is 15.6. The molecule has 4 rings (SSSR count). The minimum atomic E-state index is -1.49. The van der Waals surface area contributed by atoms with Gasteiger partial charge in [-0.15, -0.1) is 15.2 Å². The third-order valence-electron chi connectivity index (χ3n) is 8.98. The Labute approximate surface area is 327 Å². The zero-order valence-corrected chi connectivity index (χ0v) is 33.8. The van der Waals surface area contributed by atoms with Crippen LogP contribution in [-0.2, 0) is 37.6 Å². The van der Waals surface area contributed by atoms with Gasteiger partial charge < -0.3 is 33.9 Å². The van der Waals surface area contributed by atoms with Crippen LogP contribution >= 0.6 is 0 Å². The van der Waals surface area contributed by atoms with Crippen LogP contribution < -0.4 is 0 Å². The van der Waals surface area contributed by atoms with Gasteiger partial charge in [0.25, 0.3) is 0 Å². The second-order valence-corrected chi connectivity index (χ2v) is 15.1. The number of hydrogen-bond acceptors (Lipinski definition) is 13. The Bertz CT molecular complexity index is 1900. The quantitative estimate of drug-likeness (QED) is 0.0244. The number of aromatic nitrogens is 6. The lowest BCUT2D eigenvalue weighted by Gasteiger charge is -2.26. The van der Waals surface area contributed by atoms with Crippen molar-refractivity contribution in [3.05, 3.63) is 76.5 Å². The molecular formula is C39H55N9O8. The van der Waals surface area contributed by atoms with Crippen LogP contribution in [0.3, 0.4) is 0 Å². The minimum absolute atomic E-state index is 0.0615. The molecule has 2 atom stereocenters. The zero-order valence-electron chi connectivity index (χ0n) is 33.8. The molecule has 17 nitrogen and oxygen atoms in total. The SMILES string of the molecule is CCCCc1nc(C(C)(C)O)c(C(=O)OC(C)OC(=O)O[C@@H](C)CCCCO/N=[N+](\[O-])N(C)C(C)(C)C)n1Cc1ccc(-c2ccccc2-c2nn[nH]n2)cc1. The van der Waals surface area contributed by atoms with E-state index in [1.54, 1.807) is 32.4 Å². The number of H-pyrrole nitrogens is 1. The summed E-state index contributed by atoms with van der Waals surface area (Å²) in [5, 5.41) is 42.6. The molecule has 304 valence electrons. The van der Waals surface area contributed by atoms with E-state index in [2.05, 4.69) is 32.8 Å². The van der Waals surface area contributed by atoms with E-state index in [-0.39, 0.29) is 24.5 Å². The van der Waals surface area contributed by atoms with Crippen molar-refractivity contribution in [1.82, 2.24) is 35.2 Å². The number of nitrogens with one attached hydrogen (secondary N) is 1. The zero-order chi connectivity index (χ0) is 41.0. The minimum Gasteiger partial charge on any atom is -0.569 e. The molecular weight excluding hydrogens is 722 g/mol. The van der Waals surface area contributed by atoms with Gasteiger partial charge in [-0.3, -0.25) is 0 Å². The Hall–Kier alpha value is -5.58. The average Bonchev–Trinajstić information content (AvgIpc) is 3.80. The van der Waals surface area contributed by atoms with Crippen LogP contribution in [0.4, 0.5) is 4.79 Å². The van der Waals surface area contributed by atoms with Crippen LogP contribution in [0.1, 0.15) is 115 Å². The number of nitrogens with zero attached hydrogens (tertiary/aromatic N) is 8. The third-order valence-corrected chi connectivity index (χ3v) is 8.98. The highest BCUT2D eigenvalue weighted by Gasteiger charge is 2.34. The summed E-state index contributed by atoms with van der Waals surface area (Å²) in [5.74, 6) is 0.286. The van der Waals surface area contributed by atoms with E-state index in [1.165, 1.54) is 11.9 Å². The molecule has 0 fully saturated rings. The fraction of sp³-hybridized carbons (Fsp3) is 0.538. The lowest BCUT2D eigenvalue weighted by Crippen LogP contribution is -2.42. The molecule has 0 amide bonds. The summed E-state index contributed by atoms with van der Waals surface area (Å²) < 4.78 is 18.0. The van der Waals surface area contributed by atoms with Crippen molar-refractivity contribution in [2.24, 2.45) is 5.28 Å². The van der Waals surface area contributed by atoms with Crippen LogP contribution in [0.15, 0.2) is 53.8 Å². The lowest BCUT2D eigenvalue weighted by molar-refractivity contribution is -0.719. The van der Waals surface area contributed by atoms with Crippen molar-refractivity contribution < 1.29 is 38.7 Å². The molecule has 0 aliphatic rings. The fourth-order valence-corrected chi connectivity index (χ4v) is 5.62. The van der Waals surface area contributed by atoms with Gasteiger partial charge in [0.05, 0.1) is 17.6 Å². The first-order valence-electron chi connectivity index (χ1n) is 18.9. The first kappa shape index (κ1) is 43.2. The molecule has 4 aromatic rings. The lowest BCUT2D eigenvalue weighted by atomic mass is 9.98. The first-order chi connectivity index (χ1) is 26.5. The third kappa shape index (κ3) is 12.0. The number of esters is 1. The van der Waals surface area contributed by atoms with Crippen molar-refractivity contribution in [1.29, 1.82) is 0 Å². The number of rotatable bonds is 19. The first-order valence-corrected chi connectivity index (χ1v) is 18.9. The van der Waals surface area contributed by atoms with Gasteiger partial charge in [-0.25, -0.2) is 14.6 Å². The Kier molecular flexibility index (Phi) is 14.9. The number of hydrogen-bond donors (Lipinski definition) is 2. The number of benzene rings is 2. The number of aliphatic hydroxyl groups is 1. The van der Waals surface area contributed by atoms with Gasteiger partial charge in [-0.05, 0) is 89.1 Å². The molecule has 2 aromatic heterocycles. The molecule has 0 aliphatic carbocycles. The van der Waals surface area contributed by atoms with E-state index in [4.69, 9.17) is 24.0 Å². The average molecular weight is 778 g/mol. The number of imidazole rings is 1. The summed E-state index contributed by atoms with van der Waals surface area (Å²) in [6.45, 7) is 14.4. The van der Waals surface area contributed by atoms with Crippen LogP contribution in [0.5, 0.6) is 0 Å². The van der Waals surface area contributed by atoms with Gasteiger partial charge in [-0.2, -0.15) is 5.21 Å². The Balaban J connectivity index is 1.41. The number of aryl methyl sites for hydroxylation is 1. The second-order valence-electron chi connectivity index (χ2n) is 15.1. The highest BCUT2D eigenvalue weighted by molar-refractivity contribution is 5.89. The van der Waals surface area contributed by atoms with Crippen molar-refractivity contribution in [3.8, 4) is 22.5 Å². The molecule has 0 aliphatic heterocycles. The predicted molar refractivity (Wildman–Crippen MR) is 206 cm³/mol. The fourth-order valence-electron chi connectivity index (χ4n) is 5.62. The summed E-state index contributed by atoms with van der Waals surface area (Å²) in [6.07, 6.45) is 1.14. The molecule has 1 unspecified atom stereocenters. The number of tetrazole rings is 1. The Morgan fingerprint density at radius 2 is 1.70 bits per heavy atom. The van der Waals surface area contributed by atoms with Crippen LogP contribution in [0, 0.1) is 5.21 Å². The normalized spacial score (nSPS) is 13.2. The highest BCUT2D eigenvalue weighted by Crippen LogP contribution is 2.31. The highest BCUT2D eigenvalue weighted by atomic mass is 16.8. The van der Waals surface area contributed by atoms with Gasteiger partial charge in [-0.1, -0.05) is 61.9 Å². The van der Waals surface area contributed by atoms with Crippen LogP contribution in [-0.4, -0.2) is 89.0 Å². The maximum Gasteiger partial charge on any atom is 0.511 e. The van der Waals surface area contributed by atoms with Crippen LogP contribution in [0.2, 0.25) is 0 Å². The monoisotopic (exact) mass is 777 g/mol. The Morgan fingerprint density at radius 3 is 2.32 bits per heavy atom. The smallest absolute Gasteiger partial charge is 0.511 e. The second kappa shape index (κ2) is 19.3. The Morgan fingerprint density at radius 1 is 1.00 bits per heavy atom. The number of aromatic amines is 1. The van der Waals surface area contributed by atoms with E-state index in [1.807, 2.05) is 69.3 Å². The maximum atomic E-state index is 13.9. The number of unbranched alkanes of at least 4 members (excludes halogenated alkanes) is 2. The molecule has 2 heterocycles. The molecule has 2 N–H and O–H groups in total. The van der Waals surface area contributed by atoms with Crippen molar-refractivity contribution in [3.63, 3.8) is 0 Å². The van der Waals surface area contributed by atoms with Gasteiger partial charge >= 0.3 is 12.1 Å². The molecule has 17 heteroatoms. The van der Waals surface area contributed by atoms with E-state index in [0.717, 1.165) is 35.1 Å². The van der Waals surface area contributed by atoms with Crippen LogP contribution in [0.25, 0.3) is 22.5 Å². The van der Waals surface area contributed by atoms with Gasteiger partial charge in [0.15, 0.2) is 5.69 Å². The van der Waals surface area contributed by atoms with E-state index in [0.29, 0.717) is 42.3 Å². The number of carbonyl (C=O) groups excluding carboxylic acids is 2. The summed E-state index contributed by atoms with van der Waals surface area (Å²) in [7, 11) is 1.62. The molecule has 0 radical (unpaired) electrons. The number of ether oxygens (including phenoxy) is 3. The summed E-state index contributed by atoms with van der Waals surface area (Å²) in [4.78, 5) is 36.8. The number of carbonyl (C=O) groups is 2. The molecule has 0 spiro atoms. The van der Waals surface area contributed by atoms with E-state index in [9.17, 15) is 19.9 Å². The molecule has 56 heavy (non-hydrogen) atoms. The predicted octanol–water partition coefficient (Wildman–Crippen LogP) is 7.10. The van der Waals surface area contributed by atoms with E-state index < -0.39 is 35.7 Å². The van der Waals surface area contributed by atoms with Gasteiger partial charge in [0, 0.05) is 25.5 Å². The van der Waals surface area contributed by atoms with Crippen molar-refractivity contribution in [2.45, 2.75) is 124 Å². The molecule has 0 saturated heterocycles. The maximum absolute atomic E-state index is 13.9.